The van der Waals surface area contributed by atoms with Gasteiger partial charge in [0, 0.05) is 32.6 Å². The summed E-state index contributed by atoms with van der Waals surface area (Å²) in [6.45, 7) is 4.78. The number of hydrogen-bond donors (Lipinski definition) is 2. The number of morpholine rings is 1. The lowest BCUT2D eigenvalue weighted by Gasteiger charge is -2.37. The number of ether oxygens (including phenoxy) is 1. The summed E-state index contributed by atoms with van der Waals surface area (Å²) in [6.07, 6.45) is 4.89. The molecule has 0 aromatic rings. The highest BCUT2D eigenvalue weighted by molar-refractivity contribution is 5.85. The third kappa shape index (κ3) is 3.98. The van der Waals surface area contributed by atoms with Crippen molar-refractivity contribution in [2.24, 2.45) is 11.3 Å². The number of nitrogens with one attached hydrogen (secondary N) is 2. The summed E-state index contributed by atoms with van der Waals surface area (Å²) in [5, 5.41) is 6.41. The lowest BCUT2D eigenvalue weighted by atomic mass is 9.67. The Labute approximate surface area is 144 Å². The molecule has 2 atom stereocenters. The molecule has 3 aliphatic rings. The molecular formula is C16H28ClN3O3. The molecule has 132 valence electrons. The molecule has 2 saturated heterocycles. The van der Waals surface area contributed by atoms with E-state index in [2.05, 4.69) is 10.6 Å². The highest BCUT2D eigenvalue weighted by Gasteiger charge is 2.49. The lowest BCUT2D eigenvalue weighted by molar-refractivity contribution is -0.136. The monoisotopic (exact) mass is 345 g/mol. The summed E-state index contributed by atoms with van der Waals surface area (Å²) in [6, 6.07) is 0. The average Bonchev–Trinajstić information content (AvgIpc) is 3.00. The minimum atomic E-state index is -0.222. The number of carbonyl (C=O) groups is 2. The van der Waals surface area contributed by atoms with Crippen LogP contribution in [0.1, 0.15) is 32.1 Å². The molecule has 7 heteroatoms. The van der Waals surface area contributed by atoms with E-state index in [0.717, 1.165) is 32.4 Å². The zero-order valence-electron chi connectivity index (χ0n) is 13.6. The molecule has 3 rings (SSSR count). The SMILES string of the molecule is Cl.O=C(CCNC(=O)[C@@]12CCCC[C@H]1CNC2)N1CCOCC1. The van der Waals surface area contributed by atoms with Crippen LogP contribution in [0.2, 0.25) is 0 Å². The molecule has 0 spiro atoms. The van der Waals surface area contributed by atoms with E-state index < -0.39 is 0 Å². The second-order valence-electron chi connectivity index (χ2n) is 6.73. The van der Waals surface area contributed by atoms with Crippen molar-refractivity contribution in [2.75, 3.05) is 45.9 Å². The first-order valence-electron chi connectivity index (χ1n) is 8.57. The van der Waals surface area contributed by atoms with E-state index in [1.807, 2.05) is 4.90 Å². The lowest BCUT2D eigenvalue weighted by Crippen LogP contribution is -2.48. The standard InChI is InChI=1S/C16H27N3O3.ClH/c20-14(19-7-9-22-10-8-19)4-6-18-15(21)16-5-2-1-3-13(16)11-17-12-16;/h13,17H,1-12H2,(H,18,21);1H/t13-,16+;/m0./s1. The maximum atomic E-state index is 12.7. The molecule has 2 amide bonds. The molecule has 2 aliphatic heterocycles. The van der Waals surface area contributed by atoms with E-state index in [1.165, 1.54) is 6.42 Å². The van der Waals surface area contributed by atoms with Gasteiger partial charge in [0.2, 0.25) is 11.8 Å². The molecule has 3 fully saturated rings. The first-order valence-corrected chi connectivity index (χ1v) is 8.57. The molecule has 23 heavy (non-hydrogen) atoms. The van der Waals surface area contributed by atoms with Gasteiger partial charge in [0.1, 0.15) is 0 Å². The number of hydrogen-bond acceptors (Lipinski definition) is 4. The minimum absolute atomic E-state index is 0. The van der Waals surface area contributed by atoms with E-state index >= 15 is 0 Å². The molecule has 0 aromatic carbocycles. The Morgan fingerprint density at radius 3 is 2.83 bits per heavy atom. The Kier molecular flexibility index (Phi) is 6.68. The Hall–Kier alpha value is -0.850. The molecular weight excluding hydrogens is 318 g/mol. The predicted octanol–water partition coefficient (Wildman–Crippen LogP) is 0.553. The van der Waals surface area contributed by atoms with Crippen LogP contribution in [0, 0.1) is 11.3 Å². The molecule has 0 unspecified atom stereocenters. The van der Waals surface area contributed by atoms with Crippen molar-refractivity contribution in [1.82, 2.24) is 15.5 Å². The zero-order valence-corrected chi connectivity index (χ0v) is 14.5. The van der Waals surface area contributed by atoms with Gasteiger partial charge in [-0.05, 0) is 25.3 Å². The second kappa shape index (κ2) is 8.31. The van der Waals surface area contributed by atoms with E-state index in [1.54, 1.807) is 0 Å². The number of nitrogens with zero attached hydrogens (tertiary/aromatic N) is 1. The van der Waals surface area contributed by atoms with Gasteiger partial charge in [0.05, 0.1) is 18.6 Å². The molecule has 1 aliphatic carbocycles. The van der Waals surface area contributed by atoms with Crippen LogP contribution in [0.25, 0.3) is 0 Å². The first-order chi connectivity index (χ1) is 10.7. The molecule has 0 radical (unpaired) electrons. The molecule has 0 aromatic heterocycles. The Bertz CT molecular complexity index is 429. The van der Waals surface area contributed by atoms with E-state index in [0.29, 0.717) is 45.2 Å². The highest BCUT2D eigenvalue weighted by Crippen LogP contribution is 2.43. The number of carbonyl (C=O) groups excluding carboxylic acids is 2. The Balaban J connectivity index is 0.00000192. The fraction of sp³-hybridized carbons (Fsp3) is 0.875. The van der Waals surface area contributed by atoms with Crippen LogP contribution in [0.4, 0.5) is 0 Å². The van der Waals surface area contributed by atoms with Crippen LogP contribution in [-0.2, 0) is 14.3 Å². The van der Waals surface area contributed by atoms with Crippen molar-refractivity contribution in [3.05, 3.63) is 0 Å². The summed E-state index contributed by atoms with van der Waals surface area (Å²) in [5.74, 6) is 0.735. The largest absolute Gasteiger partial charge is 0.378 e. The molecule has 2 heterocycles. The Morgan fingerprint density at radius 2 is 2.04 bits per heavy atom. The third-order valence-electron chi connectivity index (χ3n) is 5.48. The van der Waals surface area contributed by atoms with Crippen molar-refractivity contribution in [3.8, 4) is 0 Å². The van der Waals surface area contributed by atoms with Crippen molar-refractivity contribution in [1.29, 1.82) is 0 Å². The summed E-state index contributed by atoms with van der Waals surface area (Å²) >= 11 is 0. The zero-order chi connectivity index (χ0) is 15.4. The normalized spacial score (nSPS) is 30.3. The first kappa shape index (κ1) is 18.5. The average molecular weight is 346 g/mol. The van der Waals surface area contributed by atoms with Crippen LogP contribution < -0.4 is 10.6 Å². The summed E-state index contributed by atoms with van der Waals surface area (Å²) in [7, 11) is 0. The minimum Gasteiger partial charge on any atom is -0.378 e. The van der Waals surface area contributed by atoms with Crippen LogP contribution >= 0.6 is 12.4 Å². The molecule has 2 N–H and O–H groups in total. The quantitative estimate of drug-likeness (QED) is 0.780. The van der Waals surface area contributed by atoms with Gasteiger partial charge in [-0.3, -0.25) is 9.59 Å². The number of fused-ring (bicyclic) bond motifs is 1. The number of rotatable bonds is 4. The van der Waals surface area contributed by atoms with Crippen molar-refractivity contribution >= 4 is 24.2 Å². The summed E-state index contributed by atoms with van der Waals surface area (Å²) < 4.78 is 5.25. The molecule has 6 nitrogen and oxygen atoms in total. The van der Waals surface area contributed by atoms with Gasteiger partial charge < -0.3 is 20.3 Å². The maximum absolute atomic E-state index is 12.7. The van der Waals surface area contributed by atoms with Gasteiger partial charge >= 0.3 is 0 Å². The third-order valence-corrected chi connectivity index (χ3v) is 5.48. The van der Waals surface area contributed by atoms with E-state index in [-0.39, 0.29) is 29.6 Å². The van der Waals surface area contributed by atoms with Crippen molar-refractivity contribution in [2.45, 2.75) is 32.1 Å². The summed E-state index contributed by atoms with van der Waals surface area (Å²) in [5.41, 5.74) is -0.222. The highest BCUT2D eigenvalue weighted by atomic mass is 35.5. The van der Waals surface area contributed by atoms with Crippen molar-refractivity contribution < 1.29 is 14.3 Å². The number of amides is 2. The van der Waals surface area contributed by atoms with Gasteiger partial charge in [-0.25, -0.2) is 0 Å². The van der Waals surface area contributed by atoms with Crippen molar-refractivity contribution in [3.63, 3.8) is 0 Å². The van der Waals surface area contributed by atoms with Crippen LogP contribution in [0.5, 0.6) is 0 Å². The van der Waals surface area contributed by atoms with Gasteiger partial charge in [0.15, 0.2) is 0 Å². The van der Waals surface area contributed by atoms with Crippen LogP contribution in [0.15, 0.2) is 0 Å². The van der Waals surface area contributed by atoms with Gasteiger partial charge in [-0.15, -0.1) is 12.4 Å². The maximum Gasteiger partial charge on any atom is 0.227 e. The van der Waals surface area contributed by atoms with Gasteiger partial charge in [-0.2, -0.15) is 0 Å². The van der Waals surface area contributed by atoms with Crippen LogP contribution in [0.3, 0.4) is 0 Å². The van der Waals surface area contributed by atoms with E-state index in [9.17, 15) is 9.59 Å². The van der Waals surface area contributed by atoms with Gasteiger partial charge in [-0.1, -0.05) is 12.8 Å². The fourth-order valence-corrected chi connectivity index (χ4v) is 4.12. The molecule has 1 saturated carbocycles. The fourth-order valence-electron chi connectivity index (χ4n) is 4.12. The summed E-state index contributed by atoms with van der Waals surface area (Å²) in [4.78, 5) is 26.6. The van der Waals surface area contributed by atoms with Gasteiger partial charge in [0.25, 0.3) is 0 Å². The molecule has 0 bridgehead atoms. The van der Waals surface area contributed by atoms with Crippen LogP contribution in [-0.4, -0.2) is 62.7 Å². The number of halogens is 1. The van der Waals surface area contributed by atoms with E-state index in [4.69, 9.17) is 4.74 Å². The second-order valence-corrected chi connectivity index (χ2v) is 6.73. The predicted molar refractivity (Wildman–Crippen MR) is 89.5 cm³/mol. The Morgan fingerprint density at radius 1 is 1.26 bits per heavy atom. The topological polar surface area (TPSA) is 70.7 Å². The smallest absolute Gasteiger partial charge is 0.227 e.